The van der Waals surface area contributed by atoms with Gasteiger partial charge in [-0.1, -0.05) is 18.0 Å². The highest BCUT2D eigenvalue weighted by Crippen LogP contribution is 2.38. The Morgan fingerprint density at radius 3 is 2.47 bits per heavy atom. The molecule has 1 aliphatic heterocycles. The van der Waals surface area contributed by atoms with Crippen LogP contribution in [-0.4, -0.2) is 19.4 Å². The first-order valence-corrected chi connectivity index (χ1v) is 8.36. The normalized spacial score (nSPS) is 24.1. The van der Waals surface area contributed by atoms with Crippen LogP contribution < -0.4 is 0 Å². The molecule has 1 fully saturated rings. The minimum Gasteiger partial charge on any atom is -0.228 e. The molecule has 1 heterocycles. The van der Waals surface area contributed by atoms with Crippen LogP contribution in [0.5, 0.6) is 0 Å². The Morgan fingerprint density at radius 2 is 1.84 bits per heavy atom. The average molecular weight is 329 g/mol. The number of halogens is 4. The van der Waals surface area contributed by atoms with Gasteiger partial charge < -0.3 is 0 Å². The van der Waals surface area contributed by atoms with Gasteiger partial charge in [-0.3, -0.25) is 0 Å². The number of sulfone groups is 1. The molecule has 0 spiro atoms. The highest BCUT2D eigenvalue weighted by molar-refractivity contribution is 7.92. The molecule has 0 bridgehead atoms. The van der Waals surface area contributed by atoms with E-state index in [2.05, 4.69) is 0 Å². The molecule has 1 aromatic rings. The molecule has 0 N–H and O–H groups in total. The fourth-order valence-corrected chi connectivity index (χ4v) is 5.30. The third-order valence-corrected chi connectivity index (χ3v) is 6.60. The van der Waals surface area contributed by atoms with Crippen molar-refractivity contribution in [2.24, 2.45) is 0 Å². The van der Waals surface area contributed by atoms with E-state index in [9.17, 15) is 17.2 Å². The molecule has 2 rings (SSSR count). The molecule has 1 aromatic carbocycles. The fraction of sp³-hybridized carbons (Fsp3) is 0.500. The summed E-state index contributed by atoms with van der Waals surface area (Å²) in [4.78, 5) is 0. The van der Waals surface area contributed by atoms with Crippen LogP contribution in [0.2, 0.25) is 5.02 Å². The second kappa shape index (κ2) is 5.54. The van der Waals surface area contributed by atoms with Crippen LogP contribution >= 0.6 is 23.2 Å². The summed E-state index contributed by atoms with van der Waals surface area (Å²) < 4.78 is 50.2. The summed E-state index contributed by atoms with van der Waals surface area (Å²) >= 11 is 12.0. The molecular weight excluding hydrogens is 317 g/mol. The van der Waals surface area contributed by atoms with Crippen LogP contribution in [0.1, 0.15) is 30.2 Å². The van der Waals surface area contributed by atoms with Gasteiger partial charge in [0.1, 0.15) is 0 Å². The molecule has 0 radical (unpaired) electrons. The van der Waals surface area contributed by atoms with Crippen molar-refractivity contribution in [2.75, 3.05) is 5.75 Å². The Labute approximate surface area is 120 Å². The minimum absolute atomic E-state index is 0.0559. The first-order chi connectivity index (χ1) is 8.83. The summed E-state index contributed by atoms with van der Waals surface area (Å²) in [6, 6.07) is 1.69. The monoisotopic (exact) mass is 328 g/mol. The van der Waals surface area contributed by atoms with E-state index in [4.69, 9.17) is 23.2 Å². The number of benzene rings is 1. The SMILES string of the molecule is O=S1(=O)CCCCC1C(Cl)c1cc(F)c(F)cc1Cl. The van der Waals surface area contributed by atoms with Crippen LogP contribution in [0.15, 0.2) is 12.1 Å². The molecule has 0 amide bonds. The number of alkyl halides is 1. The fourth-order valence-electron chi connectivity index (χ4n) is 2.26. The number of hydrogen-bond acceptors (Lipinski definition) is 2. The average Bonchev–Trinajstić information content (AvgIpc) is 2.32. The van der Waals surface area contributed by atoms with E-state index in [-0.39, 0.29) is 16.3 Å². The van der Waals surface area contributed by atoms with E-state index in [0.29, 0.717) is 12.8 Å². The summed E-state index contributed by atoms with van der Waals surface area (Å²) in [6.45, 7) is 0. The third-order valence-electron chi connectivity index (χ3n) is 3.29. The summed E-state index contributed by atoms with van der Waals surface area (Å²) in [7, 11) is -3.32. The van der Waals surface area contributed by atoms with Crippen LogP contribution in [0.4, 0.5) is 8.78 Å². The molecule has 7 heteroatoms. The van der Waals surface area contributed by atoms with Gasteiger partial charge in [-0.25, -0.2) is 17.2 Å². The summed E-state index contributed by atoms with van der Waals surface area (Å²) in [5.41, 5.74) is 0.123. The van der Waals surface area contributed by atoms with Gasteiger partial charge >= 0.3 is 0 Å². The lowest BCUT2D eigenvalue weighted by molar-refractivity contribution is 0.504. The van der Waals surface area contributed by atoms with E-state index in [1.54, 1.807) is 0 Å². The lowest BCUT2D eigenvalue weighted by atomic mass is 10.0. The topological polar surface area (TPSA) is 34.1 Å². The highest BCUT2D eigenvalue weighted by atomic mass is 35.5. The molecule has 2 atom stereocenters. The van der Waals surface area contributed by atoms with Crippen molar-refractivity contribution in [2.45, 2.75) is 29.9 Å². The van der Waals surface area contributed by atoms with Crippen molar-refractivity contribution < 1.29 is 17.2 Å². The van der Waals surface area contributed by atoms with Crippen LogP contribution in [0, 0.1) is 11.6 Å². The molecule has 0 aliphatic carbocycles. The zero-order valence-corrected chi connectivity index (χ0v) is 12.2. The van der Waals surface area contributed by atoms with Gasteiger partial charge in [-0.05, 0) is 30.5 Å². The van der Waals surface area contributed by atoms with Gasteiger partial charge in [-0.15, -0.1) is 11.6 Å². The Bertz CT molecular complexity index is 590. The first-order valence-electron chi connectivity index (χ1n) is 5.83. The summed E-state index contributed by atoms with van der Waals surface area (Å²) in [6.07, 6.45) is 1.76. The molecular formula is C12H12Cl2F2O2S. The molecule has 0 saturated carbocycles. The smallest absolute Gasteiger partial charge is 0.160 e. The van der Waals surface area contributed by atoms with E-state index >= 15 is 0 Å². The van der Waals surface area contributed by atoms with E-state index in [0.717, 1.165) is 18.6 Å². The van der Waals surface area contributed by atoms with Crippen molar-refractivity contribution in [1.82, 2.24) is 0 Å². The van der Waals surface area contributed by atoms with Crippen molar-refractivity contribution in [3.8, 4) is 0 Å². The van der Waals surface area contributed by atoms with Crippen LogP contribution in [-0.2, 0) is 9.84 Å². The molecule has 1 aliphatic rings. The summed E-state index contributed by atoms with van der Waals surface area (Å²) in [5.74, 6) is -2.09. The Hall–Kier alpha value is -0.390. The predicted molar refractivity (Wildman–Crippen MR) is 71.4 cm³/mol. The lowest BCUT2D eigenvalue weighted by Crippen LogP contribution is -2.32. The zero-order valence-electron chi connectivity index (χ0n) is 9.87. The number of hydrogen-bond donors (Lipinski definition) is 0. The van der Waals surface area contributed by atoms with Gasteiger partial charge in [0.05, 0.1) is 16.4 Å². The third kappa shape index (κ3) is 3.03. The minimum atomic E-state index is -3.32. The maximum absolute atomic E-state index is 13.2. The van der Waals surface area contributed by atoms with Crippen molar-refractivity contribution in [1.29, 1.82) is 0 Å². The molecule has 1 saturated heterocycles. The van der Waals surface area contributed by atoms with E-state index in [1.165, 1.54) is 0 Å². The second-order valence-corrected chi connectivity index (χ2v) is 7.81. The molecule has 2 unspecified atom stereocenters. The second-order valence-electron chi connectivity index (χ2n) is 4.59. The van der Waals surface area contributed by atoms with Gasteiger partial charge in [0.2, 0.25) is 0 Å². The Balaban J connectivity index is 2.39. The van der Waals surface area contributed by atoms with Gasteiger partial charge in [0.25, 0.3) is 0 Å². The predicted octanol–water partition coefficient (Wildman–Crippen LogP) is 3.87. The lowest BCUT2D eigenvalue weighted by Gasteiger charge is -2.27. The maximum Gasteiger partial charge on any atom is 0.160 e. The highest BCUT2D eigenvalue weighted by Gasteiger charge is 2.36. The number of rotatable bonds is 2. The van der Waals surface area contributed by atoms with Gasteiger partial charge in [0, 0.05) is 5.02 Å². The maximum atomic E-state index is 13.2. The molecule has 2 nitrogen and oxygen atoms in total. The largest absolute Gasteiger partial charge is 0.228 e. The zero-order chi connectivity index (χ0) is 14.2. The standard InChI is InChI=1S/C12H12Cl2F2O2S/c13-8-6-10(16)9(15)5-7(8)12(14)11-3-1-2-4-19(11,17)18/h5-6,11-12H,1-4H2. The van der Waals surface area contributed by atoms with Gasteiger partial charge in [0.15, 0.2) is 21.5 Å². The van der Waals surface area contributed by atoms with Crippen molar-refractivity contribution >= 4 is 33.0 Å². The first kappa shape index (κ1) is 15.0. The van der Waals surface area contributed by atoms with Gasteiger partial charge in [-0.2, -0.15) is 0 Å². The molecule has 106 valence electrons. The van der Waals surface area contributed by atoms with Crippen LogP contribution in [0.25, 0.3) is 0 Å². The summed E-state index contributed by atoms with van der Waals surface area (Å²) in [5, 5.41) is -1.82. The van der Waals surface area contributed by atoms with Crippen LogP contribution in [0.3, 0.4) is 0 Å². The molecule has 0 aromatic heterocycles. The van der Waals surface area contributed by atoms with E-state index in [1.807, 2.05) is 0 Å². The van der Waals surface area contributed by atoms with E-state index < -0.39 is 32.1 Å². The Kier molecular flexibility index (Phi) is 4.38. The molecule has 19 heavy (non-hydrogen) atoms. The Morgan fingerprint density at radius 1 is 1.21 bits per heavy atom. The van der Waals surface area contributed by atoms with Crippen molar-refractivity contribution in [3.05, 3.63) is 34.4 Å². The quantitative estimate of drug-likeness (QED) is 0.610. The van der Waals surface area contributed by atoms with Crippen molar-refractivity contribution in [3.63, 3.8) is 0 Å².